The van der Waals surface area contributed by atoms with Crippen LogP contribution in [0.15, 0.2) is 54.7 Å². The van der Waals surface area contributed by atoms with Gasteiger partial charge in [-0.25, -0.2) is 9.97 Å². The van der Waals surface area contributed by atoms with Crippen LogP contribution < -0.4 is 21.1 Å². The molecule has 4 rings (SSSR count). The predicted molar refractivity (Wildman–Crippen MR) is 127 cm³/mol. The second-order valence-corrected chi connectivity index (χ2v) is 8.50. The maximum absolute atomic E-state index is 12.4. The fraction of sp³-hybridized carbons (Fsp3) is 0.333. The Bertz CT molecular complexity index is 1080. The van der Waals surface area contributed by atoms with Crippen molar-refractivity contribution in [2.45, 2.75) is 50.9 Å². The normalized spacial score (nSPS) is 18.2. The Morgan fingerprint density at radius 1 is 1.06 bits per heavy atom. The molecule has 6 nitrogen and oxygen atoms in total. The molecule has 1 aromatic carbocycles. The first-order valence-electron chi connectivity index (χ1n) is 10.9. The second kappa shape index (κ2) is 10.8. The van der Waals surface area contributed by atoms with Crippen LogP contribution in [0.1, 0.15) is 31.2 Å². The monoisotopic (exact) mass is 473 g/mol. The van der Waals surface area contributed by atoms with E-state index in [4.69, 9.17) is 17.3 Å². The van der Waals surface area contributed by atoms with Gasteiger partial charge >= 0.3 is 6.61 Å². The minimum atomic E-state index is -2.85. The molecule has 174 valence electrons. The van der Waals surface area contributed by atoms with Gasteiger partial charge in [0.1, 0.15) is 17.4 Å². The summed E-state index contributed by atoms with van der Waals surface area (Å²) in [5, 5.41) is 7.21. The van der Waals surface area contributed by atoms with Gasteiger partial charge in [-0.2, -0.15) is 8.78 Å². The van der Waals surface area contributed by atoms with Crippen molar-refractivity contribution in [3.8, 4) is 17.0 Å². The molecule has 2 aromatic heterocycles. The van der Waals surface area contributed by atoms with Crippen LogP contribution >= 0.6 is 11.6 Å². The van der Waals surface area contributed by atoms with Gasteiger partial charge < -0.3 is 21.1 Å². The Kier molecular flexibility index (Phi) is 7.57. The van der Waals surface area contributed by atoms with Gasteiger partial charge in [0, 0.05) is 30.4 Å². The van der Waals surface area contributed by atoms with Crippen LogP contribution in [0.5, 0.6) is 5.75 Å². The minimum absolute atomic E-state index is 0.120. The molecule has 4 N–H and O–H groups in total. The molecule has 0 radical (unpaired) electrons. The van der Waals surface area contributed by atoms with Crippen LogP contribution in [0.4, 0.5) is 20.4 Å². The Hall–Kier alpha value is -2.97. The summed E-state index contributed by atoms with van der Waals surface area (Å²) in [4.78, 5) is 9.09. The lowest BCUT2D eigenvalue weighted by Gasteiger charge is -2.27. The summed E-state index contributed by atoms with van der Waals surface area (Å²) in [6, 6.07) is 14.7. The number of alkyl halides is 2. The molecule has 0 spiro atoms. The van der Waals surface area contributed by atoms with Gasteiger partial charge in [-0.1, -0.05) is 29.8 Å². The van der Waals surface area contributed by atoms with Crippen molar-refractivity contribution in [2.75, 3.05) is 10.6 Å². The highest BCUT2D eigenvalue weighted by Gasteiger charge is 2.19. The maximum atomic E-state index is 12.4. The topological polar surface area (TPSA) is 85.1 Å². The largest absolute Gasteiger partial charge is 0.435 e. The summed E-state index contributed by atoms with van der Waals surface area (Å²) < 4.78 is 29.3. The summed E-state index contributed by atoms with van der Waals surface area (Å²) in [6.45, 7) is -2.45. The van der Waals surface area contributed by atoms with E-state index in [1.807, 2.05) is 30.3 Å². The predicted octanol–water partition coefficient (Wildman–Crippen LogP) is 5.69. The zero-order valence-electron chi connectivity index (χ0n) is 18.0. The second-order valence-electron chi connectivity index (χ2n) is 8.09. The van der Waals surface area contributed by atoms with Crippen molar-refractivity contribution in [3.63, 3.8) is 0 Å². The highest BCUT2D eigenvalue weighted by Crippen LogP contribution is 2.30. The SMILES string of the molecule is N[C@H]1CC[C@H](Nc2cc(-c3cccc(NCc4cccc(OC(F)F)c4)n3)c(Cl)cn2)CC1. The molecule has 0 unspecified atom stereocenters. The molecular weight excluding hydrogens is 448 g/mol. The van der Waals surface area contributed by atoms with Crippen molar-refractivity contribution in [1.29, 1.82) is 0 Å². The average Bonchev–Trinajstić information content (AvgIpc) is 2.80. The van der Waals surface area contributed by atoms with E-state index in [1.165, 1.54) is 6.07 Å². The lowest BCUT2D eigenvalue weighted by molar-refractivity contribution is -0.0498. The quantitative estimate of drug-likeness (QED) is 0.389. The molecule has 0 atom stereocenters. The molecule has 0 aliphatic heterocycles. The van der Waals surface area contributed by atoms with E-state index in [0.29, 0.717) is 29.1 Å². The van der Waals surface area contributed by atoms with Crippen molar-refractivity contribution < 1.29 is 13.5 Å². The Balaban J connectivity index is 1.45. The molecule has 0 amide bonds. The Morgan fingerprint density at radius 2 is 1.85 bits per heavy atom. The third kappa shape index (κ3) is 6.52. The van der Waals surface area contributed by atoms with Gasteiger partial charge in [0.25, 0.3) is 0 Å². The maximum Gasteiger partial charge on any atom is 0.387 e. The first kappa shape index (κ1) is 23.2. The Labute approximate surface area is 196 Å². The number of benzene rings is 1. The zero-order chi connectivity index (χ0) is 23.2. The van der Waals surface area contributed by atoms with Gasteiger partial charge in [0.15, 0.2) is 0 Å². The van der Waals surface area contributed by atoms with E-state index in [0.717, 1.165) is 42.6 Å². The average molecular weight is 474 g/mol. The van der Waals surface area contributed by atoms with Gasteiger partial charge in [0.2, 0.25) is 0 Å². The van der Waals surface area contributed by atoms with E-state index in [-0.39, 0.29) is 11.8 Å². The van der Waals surface area contributed by atoms with E-state index in [2.05, 4.69) is 25.3 Å². The van der Waals surface area contributed by atoms with E-state index >= 15 is 0 Å². The van der Waals surface area contributed by atoms with E-state index in [1.54, 1.807) is 18.3 Å². The fourth-order valence-electron chi connectivity index (χ4n) is 3.89. The summed E-state index contributed by atoms with van der Waals surface area (Å²) in [6.07, 6.45) is 5.67. The number of aromatic nitrogens is 2. The van der Waals surface area contributed by atoms with Crippen LogP contribution in [-0.2, 0) is 6.54 Å². The summed E-state index contributed by atoms with van der Waals surface area (Å²) in [7, 11) is 0. The molecule has 9 heteroatoms. The minimum Gasteiger partial charge on any atom is -0.435 e. The van der Waals surface area contributed by atoms with Gasteiger partial charge in [-0.3, -0.25) is 0 Å². The number of halogens is 3. The standard InChI is InChI=1S/C24H26ClF2N5O/c25-20-14-30-23(31-17-9-7-16(28)8-10-17)12-19(20)21-5-2-6-22(32-21)29-13-15-3-1-4-18(11-15)33-24(26)27/h1-6,11-12,14,16-17,24H,7-10,13,28H2,(H,29,32)(H,30,31)/t16-,17-. The van der Waals surface area contributed by atoms with Crippen LogP contribution in [-0.4, -0.2) is 28.7 Å². The summed E-state index contributed by atoms with van der Waals surface area (Å²) >= 11 is 6.43. The van der Waals surface area contributed by atoms with Crippen LogP contribution in [0, 0.1) is 0 Å². The molecular formula is C24H26ClF2N5O. The number of nitrogens with one attached hydrogen (secondary N) is 2. The number of hydrogen-bond acceptors (Lipinski definition) is 6. The molecule has 0 saturated heterocycles. The molecule has 3 aromatic rings. The van der Waals surface area contributed by atoms with Crippen LogP contribution in [0.2, 0.25) is 5.02 Å². The lowest BCUT2D eigenvalue weighted by Crippen LogP contribution is -2.33. The molecule has 1 saturated carbocycles. The zero-order valence-corrected chi connectivity index (χ0v) is 18.7. The Morgan fingerprint density at radius 3 is 2.64 bits per heavy atom. The summed E-state index contributed by atoms with van der Waals surface area (Å²) in [5.41, 5.74) is 8.27. The highest BCUT2D eigenvalue weighted by atomic mass is 35.5. The van der Waals surface area contributed by atoms with E-state index < -0.39 is 6.61 Å². The summed E-state index contributed by atoms with van der Waals surface area (Å²) in [5.74, 6) is 1.51. The molecule has 1 fully saturated rings. The van der Waals surface area contributed by atoms with E-state index in [9.17, 15) is 8.78 Å². The molecule has 1 aliphatic carbocycles. The number of nitrogens with zero attached hydrogens (tertiary/aromatic N) is 2. The molecule has 1 aliphatic rings. The van der Waals surface area contributed by atoms with Crippen LogP contribution in [0.3, 0.4) is 0 Å². The molecule has 33 heavy (non-hydrogen) atoms. The number of anilines is 2. The van der Waals surface area contributed by atoms with Gasteiger partial charge in [-0.15, -0.1) is 0 Å². The number of nitrogens with two attached hydrogens (primary N) is 1. The molecule has 2 heterocycles. The van der Waals surface area contributed by atoms with Crippen molar-refractivity contribution in [2.24, 2.45) is 5.73 Å². The lowest BCUT2D eigenvalue weighted by atomic mass is 9.92. The van der Waals surface area contributed by atoms with Crippen molar-refractivity contribution in [3.05, 3.63) is 65.3 Å². The number of ether oxygens (including phenoxy) is 1. The van der Waals surface area contributed by atoms with Crippen molar-refractivity contribution in [1.82, 2.24) is 9.97 Å². The first-order chi connectivity index (χ1) is 16.0. The van der Waals surface area contributed by atoms with Gasteiger partial charge in [-0.05, 0) is 61.6 Å². The fourth-order valence-corrected chi connectivity index (χ4v) is 4.09. The number of hydrogen-bond donors (Lipinski definition) is 3. The molecule has 0 bridgehead atoms. The third-order valence-electron chi connectivity index (χ3n) is 5.60. The van der Waals surface area contributed by atoms with Crippen molar-refractivity contribution >= 4 is 23.2 Å². The van der Waals surface area contributed by atoms with Crippen LogP contribution in [0.25, 0.3) is 11.3 Å². The highest BCUT2D eigenvalue weighted by molar-refractivity contribution is 6.33. The smallest absolute Gasteiger partial charge is 0.387 e. The first-order valence-corrected chi connectivity index (χ1v) is 11.3. The number of pyridine rings is 2. The van der Waals surface area contributed by atoms with Gasteiger partial charge in [0.05, 0.1) is 10.7 Å². The third-order valence-corrected chi connectivity index (χ3v) is 5.90. The number of rotatable bonds is 8.